The number of ether oxygens (including phenoxy) is 3. The zero-order valence-electron chi connectivity index (χ0n) is 13.8. The van der Waals surface area contributed by atoms with Crippen molar-refractivity contribution in [1.29, 1.82) is 0 Å². The molecular formula is C16H17NO7S. The van der Waals surface area contributed by atoms with Gasteiger partial charge in [0, 0.05) is 6.07 Å². The minimum Gasteiger partial charge on any atom is -0.497 e. The molecule has 0 aliphatic rings. The van der Waals surface area contributed by atoms with Crippen LogP contribution in [0.5, 0.6) is 17.2 Å². The predicted octanol–water partition coefficient (Wildman–Crippen LogP) is 2.21. The minimum absolute atomic E-state index is 0.0606. The minimum atomic E-state index is -4.06. The first kappa shape index (κ1) is 18.4. The summed E-state index contributed by atoms with van der Waals surface area (Å²) >= 11 is 0. The third-order valence-corrected chi connectivity index (χ3v) is 4.73. The van der Waals surface area contributed by atoms with Crippen molar-refractivity contribution in [3.8, 4) is 17.2 Å². The largest absolute Gasteiger partial charge is 0.497 e. The first-order chi connectivity index (χ1) is 11.8. The van der Waals surface area contributed by atoms with E-state index >= 15 is 0 Å². The molecule has 8 nitrogen and oxygen atoms in total. The van der Waals surface area contributed by atoms with E-state index in [2.05, 4.69) is 4.72 Å². The van der Waals surface area contributed by atoms with Gasteiger partial charge in [-0.1, -0.05) is 0 Å². The molecule has 2 aromatic carbocycles. The molecule has 0 spiro atoms. The van der Waals surface area contributed by atoms with E-state index < -0.39 is 16.0 Å². The summed E-state index contributed by atoms with van der Waals surface area (Å²) in [5.41, 5.74) is -0.0995. The highest BCUT2D eigenvalue weighted by Crippen LogP contribution is 2.31. The van der Waals surface area contributed by atoms with Crippen molar-refractivity contribution in [3.05, 3.63) is 42.0 Å². The van der Waals surface area contributed by atoms with Crippen LogP contribution in [-0.2, 0) is 10.0 Å². The molecular weight excluding hydrogens is 350 g/mol. The topological polar surface area (TPSA) is 111 Å². The molecule has 0 fully saturated rings. The summed E-state index contributed by atoms with van der Waals surface area (Å²) in [6.45, 7) is 0. The number of benzene rings is 2. The lowest BCUT2D eigenvalue weighted by Gasteiger charge is -2.14. The van der Waals surface area contributed by atoms with Crippen LogP contribution in [0.1, 0.15) is 10.4 Å². The van der Waals surface area contributed by atoms with Gasteiger partial charge in [-0.05, 0) is 30.3 Å². The second-order valence-electron chi connectivity index (χ2n) is 4.84. The van der Waals surface area contributed by atoms with Crippen LogP contribution >= 0.6 is 0 Å². The average molecular weight is 367 g/mol. The van der Waals surface area contributed by atoms with Crippen molar-refractivity contribution in [2.24, 2.45) is 0 Å². The maximum atomic E-state index is 12.6. The van der Waals surface area contributed by atoms with Crippen molar-refractivity contribution in [2.45, 2.75) is 4.90 Å². The highest BCUT2D eigenvalue weighted by molar-refractivity contribution is 7.92. The Kier molecular flexibility index (Phi) is 5.38. The van der Waals surface area contributed by atoms with Gasteiger partial charge < -0.3 is 19.3 Å². The molecule has 2 rings (SSSR count). The van der Waals surface area contributed by atoms with Gasteiger partial charge in [0.25, 0.3) is 10.0 Å². The molecule has 25 heavy (non-hydrogen) atoms. The highest BCUT2D eigenvalue weighted by atomic mass is 32.2. The Balaban J connectivity index is 2.47. The van der Waals surface area contributed by atoms with Crippen LogP contribution in [0.3, 0.4) is 0 Å². The molecule has 2 aromatic rings. The number of sulfonamides is 1. The molecule has 0 amide bonds. The normalized spacial score (nSPS) is 10.8. The van der Waals surface area contributed by atoms with Crippen LogP contribution in [0.15, 0.2) is 41.3 Å². The van der Waals surface area contributed by atoms with Gasteiger partial charge in [0.2, 0.25) is 0 Å². The molecule has 0 unspecified atom stereocenters. The summed E-state index contributed by atoms with van der Waals surface area (Å²) in [6.07, 6.45) is 0. The van der Waals surface area contributed by atoms with E-state index in [1.54, 1.807) is 12.1 Å². The van der Waals surface area contributed by atoms with Crippen molar-refractivity contribution in [2.75, 3.05) is 26.1 Å². The maximum absolute atomic E-state index is 12.6. The fourth-order valence-corrected chi connectivity index (χ4v) is 3.21. The van der Waals surface area contributed by atoms with E-state index in [1.165, 1.54) is 39.5 Å². The fraction of sp³-hybridized carbons (Fsp3) is 0.188. The van der Waals surface area contributed by atoms with E-state index in [-0.39, 0.29) is 27.6 Å². The molecule has 0 heterocycles. The second kappa shape index (κ2) is 7.31. The van der Waals surface area contributed by atoms with Crippen LogP contribution in [0.25, 0.3) is 0 Å². The molecule has 2 N–H and O–H groups in total. The van der Waals surface area contributed by atoms with Crippen molar-refractivity contribution >= 4 is 21.7 Å². The molecule has 0 radical (unpaired) electrons. The Bertz CT molecular complexity index is 893. The van der Waals surface area contributed by atoms with E-state index in [0.717, 1.165) is 6.07 Å². The van der Waals surface area contributed by atoms with Gasteiger partial charge in [-0.25, -0.2) is 13.2 Å². The lowest BCUT2D eigenvalue weighted by Crippen LogP contribution is -2.15. The Labute approximate surface area is 145 Å². The second-order valence-corrected chi connectivity index (χ2v) is 6.52. The molecule has 0 bridgehead atoms. The SMILES string of the molecule is COc1ccc(OC)c(NS(=O)(=O)c2ccc(OC)c(C(=O)O)c2)c1. The zero-order chi connectivity index (χ0) is 18.6. The van der Waals surface area contributed by atoms with Gasteiger partial charge in [-0.3, -0.25) is 4.72 Å². The number of hydrogen-bond acceptors (Lipinski definition) is 6. The summed E-state index contributed by atoms with van der Waals surface area (Å²) in [5, 5.41) is 9.20. The Morgan fingerprint density at radius 3 is 2.16 bits per heavy atom. The van der Waals surface area contributed by atoms with Gasteiger partial charge in [0.05, 0.1) is 31.9 Å². The maximum Gasteiger partial charge on any atom is 0.339 e. The lowest BCUT2D eigenvalue weighted by molar-refractivity contribution is 0.0693. The van der Waals surface area contributed by atoms with Gasteiger partial charge in [0.1, 0.15) is 22.8 Å². The number of aromatic carboxylic acids is 1. The molecule has 0 aliphatic heterocycles. The van der Waals surface area contributed by atoms with Crippen LogP contribution in [0.4, 0.5) is 5.69 Å². The van der Waals surface area contributed by atoms with Crippen molar-refractivity contribution in [1.82, 2.24) is 0 Å². The van der Waals surface area contributed by atoms with Crippen molar-refractivity contribution < 1.29 is 32.5 Å². The number of carboxylic acids is 1. The Morgan fingerprint density at radius 1 is 0.960 bits per heavy atom. The Morgan fingerprint density at radius 2 is 1.60 bits per heavy atom. The smallest absolute Gasteiger partial charge is 0.339 e. The first-order valence-electron chi connectivity index (χ1n) is 6.98. The number of methoxy groups -OCH3 is 3. The fourth-order valence-electron chi connectivity index (χ4n) is 2.12. The summed E-state index contributed by atoms with van der Waals surface area (Å²) in [7, 11) is 0.0900. The Hall–Kier alpha value is -2.94. The third-order valence-electron chi connectivity index (χ3n) is 3.36. The predicted molar refractivity (Wildman–Crippen MR) is 90.3 cm³/mol. The lowest BCUT2D eigenvalue weighted by atomic mass is 10.2. The van der Waals surface area contributed by atoms with Gasteiger partial charge in [-0.2, -0.15) is 0 Å². The van der Waals surface area contributed by atoms with Gasteiger partial charge in [0.15, 0.2) is 0 Å². The molecule has 134 valence electrons. The van der Waals surface area contributed by atoms with Gasteiger partial charge in [-0.15, -0.1) is 0 Å². The molecule has 9 heteroatoms. The summed E-state index contributed by atoms with van der Waals surface area (Å²) in [4.78, 5) is 11.0. The van der Waals surface area contributed by atoms with E-state index in [1.807, 2.05) is 0 Å². The van der Waals surface area contributed by atoms with Crippen LogP contribution < -0.4 is 18.9 Å². The molecule has 0 aliphatic carbocycles. The average Bonchev–Trinajstić information content (AvgIpc) is 2.60. The summed E-state index contributed by atoms with van der Waals surface area (Å²) in [6, 6.07) is 8.18. The highest BCUT2D eigenvalue weighted by Gasteiger charge is 2.21. The molecule has 0 atom stereocenters. The van der Waals surface area contributed by atoms with E-state index in [9.17, 15) is 18.3 Å². The number of hydrogen-bond donors (Lipinski definition) is 2. The molecule has 0 saturated carbocycles. The first-order valence-corrected chi connectivity index (χ1v) is 8.47. The van der Waals surface area contributed by atoms with Crippen LogP contribution in [-0.4, -0.2) is 40.8 Å². The number of anilines is 1. The quantitative estimate of drug-likeness (QED) is 0.772. The molecule has 0 saturated heterocycles. The van der Waals surface area contributed by atoms with E-state index in [0.29, 0.717) is 5.75 Å². The van der Waals surface area contributed by atoms with Crippen LogP contribution in [0.2, 0.25) is 0 Å². The van der Waals surface area contributed by atoms with Gasteiger partial charge >= 0.3 is 5.97 Å². The van der Waals surface area contributed by atoms with Crippen LogP contribution in [0, 0.1) is 0 Å². The molecule has 0 aromatic heterocycles. The standard InChI is InChI=1S/C16H17NO7S/c1-22-10-4-6-15(24-3)13(8-10)17-25(20,21)11-5-7-14(23-2)12(9-11)16(18)19/h4-9,17H,1-3H3,(H,18,19). The third kappa shape index (κ3) is 3.94. The number of carboxylic acid groups (broad SMARTS) is 1. The summed E-state index contributed by atoms with van der Waals surface area (Å²) in [5.74, 6) is -0.519. The zero-order valence-corrected chi connectivity index (χ0v) is 14.6. The number of rotatable bonds is 7. The summed E-state index contributed by atoms with van der Waals surface area (Å²) < 4.78 is 42.7. The van der Waals surface area contributed by atoms with Crippen molar-refractivity contribution in [3.63, 3.8) is 0 Å². The number of nitrogens with one attached hydrogen (secondary N) is 1. The monoisotopic (exact) mass is 367 g/mol. The van der Waals surface area contributed by atoms with E-state index in [4.69, 9.17) is 14.2 Å². The number of carbonyl (C=O) groups is 1.